The average molecular weight is 308 g/mol. The van der Waals surface area contributed by atoms with Gasteiger partial charge in [0.1, 0.15) is 6.54 Å². The predicted octanol–water partition coefficient (Wildman–Crippen LogP) is 2.25. The summed E-state index contributed by atoms with van der Waals surface area (Å²) in [5, 5.41) is 0.591. The molecule has 3 aromatic rings. The first kappa shape index (κ1) is 15.0. The molecule has 0 bridgehead atoms. The van der Waals surface area contributed by atoms with Crippen LogP contribution in [0.4, 0.5) is 0 Å². The highest BCUT2D eigenvalue weighted by atomic mass is 16.6. The predicted molar refractivity (Wildman–Crippen MR) is 87.6 cm³/mol. The summed E-state index contributed by atoms with van der Waals surface area (Å²) in [5.74, 6) is -0.283. The van der Waals surface area contributed by atoms with Gasteiger partial charge in [0.25, 0.3) is 5.91 Å². The molecule has 0 aliphatic carbocycles. The molecule has 116 valence electrons. The quantitative estimate of drug-likeness (QED) is 0.735. The topological polar surface area (TPSA) is 60.3 Å². The van der Waals surface area contributed by atoms with Crippen LogP contribution in [0.3, 0.4) is 0 Å². The van der Waals surface area contributed by atoms with Crippen LogP contribution in [0.2, 0.25) is 0 Å². The number of amides is 1. The van der Waals surface area contributed by atoms with Crippen molar-refractivity contribution in [1.29, 1.82) is 0 Å². The van der Waals surface area contributed by atoms with Crippen LogP contribution in [-0.4, -0.2) is 10.5 Å². The van der Waals surface area contributed by atoms with Crippen molar-refractivity contribution in [2.45, 2.75) is 13.2 Å². The highest BCUT2D eigenvalue weighted by molar-refractivity contribution is 5.81. The van der Waals surface area contributed by atoms with Crippen LogP contribution in [-0.2, 0) is 22.8 Å². The third-order valence-electron chi connectivity index (χ3n) is 3.47. The SMILES string of the molecule is O=C(Cn1ccc(=O)c2ccccc21)NOCc1ccccc1. The highest BCUT2D eigenvalue weighted by Crippen LogP contribution is 2.09. The number of benzene rings is 2. The Labute approximate surface area is 133 Å². The van der Waals surface area contributed by atoms with E-state index in [1.54, 1.807) is 22.9 Å². The fraction of sp³-hybridized carbons (Fsp3) is 0.111. The van der Waals surface area contributed by atoms with Crippen LogP contribution in [0.25, 0.3) is 10.9 Å². The zero-order valence-electron chi connectivity index (χ0n) is 12.4. The molecule has 0 unspecified atom stereocenters. The van der Waals surface area contributed by atoms with E-state index in [0.29, 0.717) is 12.0 Å². The van der Waals surface area contributed by atoms with Gasteiger partial charge >= 0.3 is 0 Å². The van der Waals surface area contributed by atoms with Gasteiger partial charge in [0.15, 0.2) is 5.43 Å². The molecule has 1 aromatic heterocycles. The molecule has 0 spiro atoms. The lowest BCUT2D eigenvalue weighted by Crippen LogP contribution is -2.28. The van der Waals surface area contributed by atoms with Crippen LogP contribution in [0, 0.1) is 0 Å². The third kappa shape index (κ3) is 3.64. The van der Waals surface area contributed by atoms with E-state index in [1.807, 2.05) is 42.5 Å². The van der Waals surface area contributed by atoms with Crippen molar-refractivity contribution in [2.24, 2.45) is 0 Å². The minimum atomic E-state index is -0.283. The molecule has 2 aromatic carbocycles. The van der Waals surface area contributed by atoms with Crippen LogP contribution in [0.15, 0.2) is 71.7 Å². The summed E-state index contributed by atoms with van der Waals surface area (Å²) in [7, 11) is 0. The molecule has 5 heteroatoms. The van der Waals surface area contributed by atoms with Gasteiger partial charge in [-0.05, 0) is 17.7 Å². The lowest BCUT2D eigenvalue weighted by Gasteiger charge is -2.11. The Morgan fingerprint density at radius 3 is 2.57 bits per heavy atom. The molecule has 1 heterocycles. The maximum atomic E-state index is 12.0. The van der Waals surface area contributed by atoms with Gasteiger partial charge in [0, 0.05) is 17.6 Å². The number of pyridine rings is 1. The number of fused-ring (bicyclic) bond motifs is 1. The summed E-state index contributed by atoms with van der Waals surface area (Å²) in [4.78, 5) is 29.0. The van der Waals surface area contributed by atoms with Crippen molar-refractivity contribution >= 4 is 16.8 Å². The molecule has 0 atom stereocenters. The number of para-hydroxylation sites is 1. The normalized spacial score (nSPS) is 10.6. The van der Waals surface area contributed by atoms with Gasteiger partial charge in [-0.2, -0.15) is 0 Å². The van der Waals surface area contributed by atoms with E-state index < -0.39 is 0 Å². The van der Waals surface area contributed by atoms with Crippen molar-refractivity contribution in [2.75, 3.05) is 0 Å². The molecule has 0 saturated carbocycles. The van der Waals surface area contributed by atoms with E-state index in [2.05, 4.69) is 5.48 Å². The maximum Gasteiger partial charge on any atom is 0.263 e. The largest absolute Gasteiger partial charge is 0.338 e. The summed E-state index contributed by atoms with van der Waals surface area (Å²) < 4.78 is 1.72. The Morgan fingerprint density at radius 2 is 1.74 bits per heavy atom. The number of aromatic nitrogens is 1. The Bertz CT molecular complexity index is 872. The third-order valence-corrected chi connectivity index (χ3v) is 3.47. The molecule has 5 nitrogen and oxygen atoms in total. The number of carbonyl (C=O) groups excluding carboxylic acids is 1. The van der Waals surface area contributed by atoms with Crippen molar-refractivity contribution in [1.82, 2.24) is 10.0 Å². The van der Waals surface area contributed by atoms with E-state index >= 15 is 0 Å². The zero-order chi connectivity index (χ0) is 16.1. The lowest BCUT2D eigenvalue weighted by molar-refractivity contribution is -0.135. The minimum absolute atomic E-state index is 0.0578. The molecular weight excluding hydrogens is 292 g/mol. The van der Waals surface area contributed by atoms with Crippen LogP contribution >= 0.6 is 0 Å². The van der Waals surface area contributed by atoms with E-state index in [9.17, 15) is 9.59 Å². The first-order chi connectivity index (χ1) is 11.2. The average Bonchev–Trinajstić information content (AvgIpc) is 2.59. The number of hydroxylamine groups is 1. The Morgan fingerprint density at radius 1 is 1.00 bits per heavy atom. The maximum absolute atomic E-state index is 12.0. The van der Waals surface area contributed by atoms with Gasteiger partial charge in [0.05, 0.1) is 12.1 Å². The highest BCUT2D eigenvalue weighted by Gasteiger charge is 2.06. The van der Waals surface area contributed by atoms with Gasteiger partial charge in [-0.15, -0.1) is 0 Å². The van der Waals surface area contributed by atoms with E-state index in [-0.39, 0.29) is 17.9 Å². The van der Waals surface area contributed by atoms with Crippen molar-refractivity contribution < 1.29 is 9.63 Å². The molecule has 0 fully saturated rings. The van der Waals surface area contributed by atoms with Crippen LogP contribution < -0.4 is 10.9 Å². The van der Waals surface area contributed by atoms with Gasteiger partial charge in [-0.25, -0.2) is 5.48 Å². The number of rotatable bonds is 5. The second-order valence-electron chi connectivity index (χ2n) is 5.12. The molecule has 1 amide bonds. The molecule has 0 aliphatic heterocycles. The molecule has 3 rings (SSSR count). The Balaban J connectivity index is 1.64. The molecule has 0 radical (unpaired) electrons. The molecule has 23 heavy (non-hydrogen) atoms. The van der Waals surface area contributed by atoms with Gasteiger partial charge in [-0.3, -0.25) is 14.4 Å². The molecule has 0 aliphatic rings. The summed E-state index contributed by atoms with van der Waals surface area (Å²) in [6, 6.07) is 18.2. The smallest absolute Gasteiger partial charge is 0.263 e. The summed E-state index contributed by atoms with van der Waals surface area (Å²) >= 11 is 0. The van der Waals surface area contributed by atoms with E-state index in [1.165, 1.54) is 6.07 Å². The lowest BCUT2D eigenvalue weighted by atomic mass is 10.2. The summed E-state index contributed by atoms with van der Waals surface area (Å²) in [6.45, 7) is 0.382. The molecular formula is C18H16N2O3. The van der Waals surface area contributed by atoms with E-state index in [4.69, 9.17) is 4.84 Å². The van der Waals surface area contributed by atoms with Gasteiger partial charge in [-0.1, -0.05) is 42.5 Å². The van der Waals surface area contributed by atoms with Crippen molar-refractivity contribution in [3.05, 3.63) is 82.6 Å². The van der Waals surface area contributed by atoms with Crippen LogP contribution in [0.1, 0.15) is 5.56 Å². The van der Waals surface area contributed by atoms with Gasteiger partial charge < -0.3 is 4.57 Å². The second-order valence-corrected chi connectivity index (χ2v) is 5.12. The first-order valence-corrected chi connectivity index (χ1v) is 7.27. The zero-order valence-corrected chi connectivity index (χ0v) is 12.4. The number of hydrogen-bond acceptors (Lipinski definition) is 3. The number of hydrogen-bond donors (Lipinski definition) is 1. The molecule has 1 N–H and O–H groups in total. The van der Waals surface area contributed by atoms with Crippen molar-refractivity contribution in [3.8, 4) is 0 Å². The number of nitrogens with one attached hydrogen (secondary N) is 1. The van der Waals surface area contributed by atoms with Crippen LogP contribution in [0.5, 0.6) is 0 Å². The minimum Gasteiger partial charge on any atom is -0.338 e. The van der Waals surface area contributed by atoms with E-state index in [0.717, 1.165) is 11.1 Å². The summed E-state index contributed by atoms with van der Waals surface area (Å²) in [5.41, 5.74) is 4.06. The van der Waals surface area contributed by atoms with Crippen molar-refractivity contribution in [3.63, 3.8) is 0 Å². The summed E-state index contributed by atoms with van der Waals surface area (Å²) in [6.07, 6.45) is 1.61. The molecule has 0 saturated heterocycles. The monoisotopic (exact) mass is 308 g/mol. The fourth-order valence-electron chi connectivity index (χ4n) is 2.36. The van der Waals surface area contributed by atoms with Gasteiger partial charge in [0.2, 0.25) is 0 Å². The fourth-order valence-corrected chi connectivity index (χ4v) is 2.36. The number of carbonyl (C=O) groups is 1. The Kier molecular flexibility index (Phi) is 4.49. The second kappa shape index (κ2) is 6.89. The Hall–Kier alpha value is -2.92. The first-order valence-electron chi connectivity index (χ1n) is 7.27. The number of nitrogens with zero attached hydrogens (tertiary/aromatic N) is 1. The standard InChI is InChI=1S/C18H16N2O3/c21-17-10-11-20(16-9-5-4-8-15(16)17)12-18(22)19-23-13-14-6-2-1-3-7-14/h1-11H,12-13H2,(H,19,22).